The molecule has 0 fully saturated rings. The number of carboxylic acid groups (broad SMARTS) is 1. The number of thiazole rings is 1. The van der Waals surface area contributed by atoms with Crippen LogP contribution in [0.15, 0.2) is 6.20 Å². The van der Waals surface area contributed by atoms with Gasteiger partial charge in [-0.25, -0.2) is 4.98 Å². The summed E-state index contributed by atoms with van der Waals surface area (Å²) < 4.78 is 35.5. The van der Waals surface area contributed by atoms with E-state index in [0.717, 1.165) is 0 Å². The quantitative estimate of drug-likeness (QED) is 0.475. The molecule has 8 heteroatoms. The first kappa shape index (κ1) is 12.5. The van der Waals surface area contributed by atoms with E-state index < -0.39 is 22.0 Å². The van der Waals surface area contributed by atoms with E-state index in [2.05, 4.69) is 4.98 Å². The summed E-state index contributed by atoms with van der Waals surface area (Å²) in [5.74, 6) is -1.70. The van der Waals surface area contributed by atoms with Crippen molar-refractivity contribution in [2.75, 3.05) is 0 Å². The van der Waals surface area contributed by atoms with Gasteiger partial charge < -0.3 is 9.90 Å². The van der Waals surface area contributed by atoms with Crippen LogP contribution in [-0.2, 0) is 6.18 Å². The molecule has 0 atom stereocenters. The zero-order chi connectivity index (χ0) is 9.35. The number of nitrogens with zero attached hydrogens (tertiary/aromatic N) is 1. The SMILES string of the molecule is O=C([O-])c1ncc(C(F)(F)F)s1.[Li+]. The average molecular weight is 203 g/mol. The van der Waals surface area contributed by atoms with Crippen molar-refractivity contribution in [2.24, 2.45) is 0 Å². The molecule has 3 nitrogen and oxygen atoms in total. The normalized spacial score (nSPS) is 10.7. The minimum absolute atomic E-state index is 0. The molecule has 1 aromatic rings. The van der Waals surface area contributed by atoms with Crippen LogP contribution in [0.1, 0.15) is 14.7 Å². The zero-order valence-electron chi connectivity index (χ0n) is 6.38. The van der Waals surface area contributed by atoms with Gasteiger partial charge in [0.15, 0.2) is 0 Å². The molecule has 0 saturated carbocycles. The Hall–Kier alpha value is -0.513. The van der Waals surface area contributed by atoms with Crippen LogP contribution in [0.3, 0.4) is 0 Å². The second-order valence-electron chi connectivity index (χ2n) is 1.81. The Morgan fingerprint density at radius 3 is 2.31 bits per heavy atom. The van der Waals surface area contributed by atoms with Crippen molar-refractivity contribution < 1.29 is 41.9 Å². The zero-order valence-corrected chi connectivity index (χ0v) is 7.20. The van der Waals surface area contributed by atoms with Crippen molar-refractivity contribution >= 4 is 17.3 Å². The number of alkyl halides is 3. The molecule has 0 aliphatic carbocycles. The van der Waals surface area contributed by atoms with Crippen LogP contribution in [0.2, 0.25) is 0 Å². The number of aromatic carboxylic acids is 1. The number of carbonyl (C=O) groups is 1. The second-order valence-corrected chi connectivity index (χ2v) is 2.85. The van der Waals surface area contributed by atoms with Crippen molar-refractivity contribution in [1.82, 2.24) is 4.98 Å². The summed E-state index contributed by atoms with van der Waals surface area (Å²) >= 11 is 0.0498. The third-order valence-electron chi connectivity index (χ3n) is 0.960. The van der Waals surface area contributed by atoms with Gasteiger partial charge in [0, 0.05) is 0 Å². The van der Waals surface area contributed by atoms with Gasteiger partial charge in [-0.1, -0.05) is 0 Å². The molecule has 0 aliphatic heterocycles. The van der Waals surface area contributed by atoms with E-state index in [1.54, 1.807) is 0 Å². The predicted octanol–water partition coefficient (Wildman–Crippen LogP) is -2.47. The van der Waals surface area contributed by atoms with Crippen LogP contribution in [0.4, 0.5) is 13.2 Å². The maximum absolute atomic E-state index is 11.8. The first-order valence-corrected chi connectivity index (χ1v) is 3.47. The van der Waals surface area contributed by atoms with E-state index in [4.69, 9.17) is 0 Å². The molecule has 13 heavy (non-hydrogen) atoms. The topological polar surface area (TPSA) is 53.0 Å². The Kier molecular flexibility index (Phi) is 3.97. The van der Waals surface area contributed by atoms with E-state index in [-0.39, 0.29) is 30.2 Å². The Labute approximate surface area is 86.8 Å². The standard InChI is InChI=1S/C5H2F3NO2S.Li/c6-5(7,8)2-1-9-3(12-2)4(10)11;/h1H,(H,10,11);/q;+1/p-1. The smallest absolute Gasteiger partial charge is 0.542 e. The molecule has 0 N–H and O–H groups in total. The third kappa shape index (κ3) is 3.03. The maximum atomic E-state index is 11.8. The van der Waals surface area contributed by atoms with Gasteiger partial charge in [0.2, 0.25) is 0 Å². The molecule has 0 unspecified atom stereocenters. The fourth-order valence-corrected chi connectivity index (χ4v) is 1.12. The van der Waals surface area contributed by atoms with Gasteiger partial charge in [-0.05, 0) is 0 Å². The number of rotatable bonds is 1. The molecule has 0 bridgehead atoms. The summed E-state index contributed by atoms with van der Waals surface area (Å²) in [5, 5.41) is 9.35. The minimum atomic E-state index is -4.54. The first-order valence-electron chi connectivity index (χ1n) is 2.65. The molecule has 1 aromatic heterocycles. The monoisotopic (exact) mass is 203 g/mol. The van der Waals surface area contributed by atoms with Crippen molar-refractivity contribution in [3.63, 3.8) is 0 Å². The van der Waals surface area contributed by atoms with Gasteiger partial charge in [-0.3, -0.25) is 0 Å². The van der Waals surface area contributed by atoms with Crippen LogP contribution in [0.25, 0.3) is 0 Å². The summed E-state index contributed by atoms with van der Waals surface area (Å²) in [6.45, 7) is 0. The van der Waals surface area contributed by atoms with Gasteiger partial charge >= 0.3 is 25.0 Å². The molecular formula is C5HF3LiNO2S. The van der Waals surface area contributed by atoms with E-state index in [0.29, 0.717) is 6.20 Å². The number of carbonyl (C=O) groups excluding carboxylic acids is 1. The van der Waals surface area contributed by atoms with E-state index >= 15 is 0 Å². The summed E-state index contributed by atoms with van der Waals surface area (Å²) in [5.41, 5.74) is 0. The second kappa shape index (κ2) is 4.13. The Balaban J connectivity index is 0.00000144. The van der Waals surface area contributed by atoms with Crippen molar-refractivity contribution in [3.8, 4) is 0 Å². The molecule has 1 rings (SSSR count). The van der Waals surface area contributed by atoms with E-state index in [9.17, 15) is 23.1 Å². The third-order valence-corrected chi connectivity index (χ3v) is 1.98. The van der Waals surface area contributed by atoms with Crippen LogP contribution in [0, 0.1) is 0 Å². The van der Waals surface area contributed by atoms with Gasteiger partial charge in [0.25, 0.3) is 0 Å². The Morgan fingerprint density at radius 1 is 1.54 bits per heavy atom. The van der Waals surface area contributed by atoms with Gasteiger partial charge in [-0.15, -0.1) is 11.3 Å². The van der Waals surface area contributed by atoms with Crippen LogP contribution >= 0.6 is 11.3 Å². The van der Waals surface area contributed by atoms with Gasteiger partial charge in [-0.2, -0.15) is 13.2 Å². The molecule has 0 amide bonds. The van der Waals surface area contributed by atoms with Crippen molar-refractivity contribution in [3.05, 3.63) is 16.1 Å². The number of carboxylic acids is 1. The van der Waals surface area contributed by atoms with Crippen LogP contribution in [-0.4, -0.2) is 11.0 Å². The Bertz CT molecular complexity index is 311. The molecule has 0 radical (unpaired) electrons. The molecule has 0 spiro atoms. The average Bonchev–Trinajstić information content (AvgIpc) is 2.30. The number of hydrogen-bond acceptors (Lipinski definition) is 4. The molecule has 0 aliphatic rings. The molecule has 66 valence electrons. The fraction of sp³-hybridized carbons (Fsp3) is 0.200. The summed E-state index contributed by atoms with van der Waals surface area (Å²) in [7, 11) is 0. The molecular weight excluding hydrogens is 202 g/mol. The summed E-state index contributed by atoms with van der Waals surface area (Å²) in [6, 6.07) is 0. The fourth-order valence-electron chi connectivity index (χ4n) is 0.500. The largest absolute Gasteiger partial charge is 1.00 e. The summed E-state index contributed by atoms with van der Waals surface area (Å²) in [6.07, 6.45) is -4.07. The number of halogens is 3. The van der Waals surface area contributed by atoms with Gasteiger partial charge in [0.1, 0.15) is 15.9 Å². The maximum Gasteiger partial charge on any atom is 1.00 e. The molecule has 1 heterocycles. The number of aromatic nitrogens is 1. The van der Waals surface area contributed by atoms with E-state index in [1.165, 1.54) is 0 Å². The Morgan fingerprint density at radius 2 is 2.08 bits per heavy atom. The van der Waals surface area contributed by atoms with E-state index in [1.807, 2.05) is 0 Å². The molecule has 0 saturated heterocycles. The van der Waals surface area contributed by atoms with Gasteiger partial charge in [0.05, 0.1) is 6.20 Å². The van der Waals surface area contributed by atoms with Crippen molar-refractivity contribution in [2.45, 2.75) is 6.18 Å². The van der Waals surface area contributed by atoms with Crippen molar-refractivity contribution in [1.29, 1.82) is 0 Å². The molecule has 0 aromatic carbocycles. The first-order chi connectivity index (χ1) is 5.41. The van der Waals surface area contributed by atoms with Crippen LogP contribution < -0.4 is 24.0 Å². The number of hydrogen-bond donors (Lipinski definition) is 0. The summed E-state index contributed by atoms with van der Waals surface area (Å²) in [4.78, 5) is 12.0. The minimum Gasteiger partial charge on any atom is -0.542 e. The van der Waals surface area contributed by atoms with Crippen LogP contribution in [0.5, 0.6) is 0 Å². The predicted molar refractivity (Wildman–Crippen MR) is 31.4 cm³/mol.